The highest BCUT2D eigenvalue weighted by Crippen LogP contribution is 2.17. The zero-order valence-corrected chi connectivity index (χ0v) is 10.0. The van der Waals surface area contributed by atoms with Crippen molar-refractivity contribution in [2.45, 2.75) is 51.9 Å². The van der Waals surface area contributed by atoms with Crippen molar-refractivity contribution in [3.05, 3.63) is 12.2 Å². The van der Waals surface area contributed by atoms with Gasteiger partial charge < -0.3 is 5.11 Å². The smallest absolute Gasteiger partial charge is 0.306 e. The third-order valence-corrected chi connectivity index (χ3v) is 2.64. The van der Waals surface area contributed by atoms with E-state index >= 15 is 0 Å². The lowest BCUT2D eigenvalue weighted by atomic mass is 9.96. The van der Waals surface area contributed by atoms with Crippen LogP contribution in [-0.4, -0.2) is 17.4 Å². The van der Waals surface area contributed by atoms with Gasteiger partial charge in [0.15, 0.2) is 0 Å². The molecule has 0 fully saturated rings. The Kier molecular flexibility index (Phi) is 9.67. The van der Waals surface area contributed by atoms with Crippen LogP contribution in [-0.2, 0) is 9.59 Å². The third kappa shape index (κ3) is 8.21. The molecule has 0 saturated heterocycles. The average molecular weight is 226 g/mol. The van der Waals surface area contributed by atoms with Gasteiger partial charge in [-0.25, -0.2) is 0 Å². The number of aldehydes is 1. The summed E-state index contributed by atoms with van der Waals surface area (Å²) >= 11 is 0. The minimum Gasteiger partial charge on any atom is -0.481 e. The van der Waals surface area contributed by atoms with E-state index in [1.54, 1.807) is 0 Å². The normalized spacial score (nSPS) is 12.8. The maximum atomic E-state index is 10.9. The van der Waals surface area contributed by atoms with Crippen LogP contribution >= 0.6 is 0 Å². The molecule has 0 spiro atoms. The molecule has 1 N–H and O–H groups in total. The molecule has 0 heterocycles. The summed E-state index contributed by atoms with van der Waals surface area (Å²) in [4.78, 5) is 20.9. The van der Waals surface area contributed by atoms with E-state index < -0.39 is 5.97 Å². The average Bonchev–Trinajstić information content (AvgIpc) is 2.26. The fraction of sp³-hybridized carbons (Fsp3) is 0.692. The van der Waals surface area contributed by atoms with Gasteiger partial charge in [-0.1, -0.05) is 32.3 Å². The molecule has 0 amide bonds. The van der Waals surface area contributed by atoms with E-state index in [-0.39, 0.29) is 5.92 Å². The predicted octanol–water partition coefficient (Wildman–Crippen LogP) is 3.19. The van der Waals surface area contributed by atoms with E-state index in [1.807, 2.05) is 6.08 Å². The molecule has 0 rings (SSSR count). The van der Waals surface area contributed by atoms with Gasteiger partial charge in [0.05, 0.1) is 5.92 Å². The first-order valence-electron chi connectivity index (χ1n) is 6.05. The van der Waals surface area contributed by atoms with Crippen LogP contribution in [0.15, 0.2) is 12.2 Å². The van der Waals surface area contributed by atoms with Gasteiger partial charge in [-0.2, -0.15) is 0 Å². The fourth-order valence-corrected chi connectivity index (χ4v) is 1.65. The Morgan fingerprint density at radius 2 is 1.94 bits per heavy atom. The monoisotopic (exact) mass is 226 g/mol. The predicted molar refractivity (Wildman–Crippen MR) is 64.3 cm³/mol. The van der Waals surface area contributed by atoms with Crippen LogP contribution in [0, 0.1) is 5.92 Å². The summed E-state index contributed by atoms with van der Waals surface area (Å²) in [6, 6.07) is 0. The molecule has 0 aromatic carbocycles. The largest absolute Gasteiger partial charge is 0.481 e. The Labute approximate surface area is 97.5 Å². The lowest BCUT2D eigenvalue weighted by Crippen LogP contribution is -2.13. The SMILES string of the molecule is CCCCC(CCCC/C=C/C=O)C(=O)O. The number of aliphatic carboxylic acids is 1. The molecule has 16 heavy (non-hydrogen) atoms. The van der Waals surface area contributed by atoms with Crippen molar-refractivity contribution in [3.63, 3.8) is 0 Å². The van der Waals surface area contributed by atoms with Crippen LogP contribution in [0.3, 0.4) is 0 Å². The van der Waals surface area contributed by atoms with Crippen molar-refractivity contribution in [2.75, 3.05) is 0 Å². The molecular weight excluding hydrogens is 204 g/mol. The summed E-state index contributed by atoms with van der Waals surface area (Å²) in [5, 5.41) is 8.98. The second-order valence-corrected chi connectivity index (χ2v) is 4.03. The number of hydrogen-bond donors (Lipinski definition) is 1. The molecule has 92 valence electrons. The van der Waals surface area contributed by atoms with E-state index in [0.29, 0.717) is 0 Å². The van der Waals surface area contributed by atoms with Crippen LogP contribution in [0.25, 0.3) is 0 Å². The summed E-state index contributed by atoms with van der Waals surface area (Å²) in [5.41, 5.74) is 0. The van der Waals surface area contributed by atoms with Gasteiger partial charge >= 0.3 is 5.97 Å². The summed E-state index contributed by atoms with van der Waals surface area (Å²) in [6.45, 7) is 2.07. The van der Waals surface area contributed by atoms with Gasteiger partial charge in [0, 0.05) is 0 Å². The highest BCUT2D eigenvalue weighted by molar-refractivity contribution is 5.69. The second kappa shape index (κ2) is 10.4. The molecule has 1 atom stereocenters. The highest BCUT2D eigenvalue weighted by Gasteiger charge is 2.15. The molecular formula is C13H22O3. The standard InChI is InChI=1S/C13H22O3/c1-2-3-9-12(13(15)16)10-7-5-4-6-8-11-14/h6,8,11-12H,2-5,7,9-10H2,1H3,(H,15,16)/b8-6+. The minimum atomic E-state index is -0.670. The van der Waals surface area contributed by atoms with Crippen molar-refractivity contribution in [1.82, 2.24) is 0 Å². The molecule has 0 radical (unpaired) electrons. The Bertz CT molecular complexity index is 221. The van der Waals surface area contributed by atoms with Crippen LogP contribution < -0.4 is 0 Å². The number of carbonyl (C=O) groups is 2. The van der Waals surface area contributed by atoms with Crippen molar-refractivity contribution in [1.29, 1.82) is 0 Å². The molecule has 0 aromatic rings. The lowest BCUT2D eigenvalue weighted by molar-refractivity contribution is -0.142. The molecule has 3 nitrogen and oxygen atoms in total. The van der Waals surface area contributed by atoms with Gasteiger partial charge in [-0.05, 0) is 31.8 Å². The van der Waals surface area contributed by atoms with Crippen molar-refractivity contribution in [2.24, 2.45) is 5.92 Å². The Hall–Kier alpha value is -1.12. The summed E-state index contributed by atoms with van der Waals surface area (Å²) < 4.78 is 0. The number of carbonyl (C=O) groups excluding carboxylic acids is 1. The Morgan fingerprint density at radius 3 is 2.50 bits per heavy atom. The van der Waals surface area contributed by atoms with Gasteiger partial charge in [-0.3, -0.25) is 9.59 Å². The van der Waals surface area contributed by atoms with E-state index in [2.05, 4.69) is 6.92 Å². The number of carboxylic acids is 1. The number of allylic oxidation sites excluding steroid dienone is 2. The van der Waals surface area contributed by atoms with Crippen LogP contribution in [0.4, 0.5) is 0 Å². The van der Waals surface area contributed by atoms with Gasteiger partial charge in [0.2, 0.25) is 0 Å². The number of carboxylic acid groups (broad SMARTS) is 1. The molecule has 1 unspecified atom stereocenters. The zero-order valence-electron chi connectivity index (χ0n) is 10.0. The lowest BCUT2D eigenvalue weighted by Gasteiger charge is -2.10. The van der Waals surface area contributed by atoms with E-state index in [0.717, 1.165) is 51.2 Å². The molecule has 3 heteroatoms. The maximum Gasteiger partial charge on any atom is 0.306 e. The van der Waals surface area contributed by atoms with Gasteiger partial charge in [-0.15, -0.1) is 0 Å². The van der Waals surface area contributed by atoms with Gasteiger partial charge in [0.25, 0.3) is 0 Å². The van der Waals surface area contributed by atoms with Crippen molar-refractivity contribution >= 4 is 12.3 Å². The molecule has 0 aliphatic rings. The first-order chi connectivity index (χ1) is 7.72. The number of unbranched alkanes of at least 4 members (excludes halogenated alkanes) is 3. The van der Waals surface area contributed by atoms with E-state index in [4.69, 9.17) is 5.11 Å². The summed E-state index contributed by atoms with van der Waals surface area (Å²) in [7, 11) is 0. The number of rotatable bonds is 10. The molecule has 0 aromatic heterocycles. The summed E-state index contributed by atoms with van der Waals surface area (Å²) in [6.07, 6.45) is 10.4. The summed E-state index contributed by atoms with van der Waals surface area (Å²) in [5.74, 6) is -0.855. The Balaban J connectivity index is 3.63. The first-order valence-corrected chi connectivity index (χ1v) is 6.05. The molecule has 0 aliphatic heterocycles. The quantitative estimate of drug-likeness (QED) is 0.353. The first kappa shape index (κ1) is 14.9. The van der Waals surface area contributed by atoms with Crippen molar-refractivity contribution in [3.8, 4) is 0 Å². The van der Waals surface area contributed by atoms with Crippen LogP contribution in [0.2, 0.25) is 0 Å². The van der Waals surface area contributed by atoms with Crippen molar-refractivity contribution < 1.29 is 14.7 Å². The minimum absolute atomic E-state index is 0.185. The molecule has 0 bridgehead atoms. The molecule has 0 saturated carbocycles. The van der Waals surface area contributed by atoms with E-state index in [1.165, 1.54) is 6.08 Å². The van der Waals surface area contributed by atoms with Crippen LogP contribution in [0.1, 0.15) is 51.9 Å². The molecule has 0 aliphatic carbocycles. The highest BCUT2D eigenvalue weighted by atomic mass is 16.4. The number of hydrogen-bond acceptors (Lipinski definition) is 2. The topological polar surface area (TPSA) is 54.4 Å². The Morgan fingerprint density at radius 1 is 1.25 bits per heavy atom. The van der Waals surface area contributed by atoms with Gasteiger partial charge in [0.1, 0.15) is 6.29 Å². The maximum absolute atomic E-state index is 10.9. The third-order valence-electron chi connectivity index (χ3n) is 2.64. The van der Waals surface area contributed by atoms with Crippen LogP contribution in [0.5, 0.6) is 0 Å². The zero-order chi connectivity index (χ0) is 12.2. The second-order valence-electron chi connectivity index (χ2n) is 4.03. The van der Waals surface area contributed by atoms with E-state index in [9.17, 15) is 9.59 Å². The fourth-order valence-electron chi connectivity index (χ4n) is 1.65.